The number of amides is 1. The number of rotatable bonds is 6. The first-order valence-corrected chi connectivity index (χ1v) is 8.93. The number of carboxylic acid groups (broad SMARTS) is 1. The van der Waals surface area contributed by atoms with Crippen molar-refractivity contribution in [1.82, 2.24) is 5.32 Å². The van der Waals surface area contributed by atoms with Crippen molar-refractivity contribution in [2.24, 2.45) is 10.2 Å². The van der Waals surface area contributed by atoms with Gasteiger partial charge in [0.15, 0.2) is 5.17 Å². The van der Waals surface area contributed by atoms with Gasteiger partial charge < -0.3 is 10.4 Å². The summed E-state index contributed by atoms with van der Waals surface area (Å²) in [6.07, 6.45) is 0.355. The van der Waals surface area contributed by atoms with E-state index in [1.165, 1.54) is 0 Å². The second-order valence-electron chi connectivity index (χ2n) is 5.67. The zero-order valence-corrected chi connectivity index (χ0v) is 14.6. The first-order valence-electron chi connectivity index (χ1n) is 8.05. The van der Waals surface area contributed by atoms with Crippen molar-refractivity contribution in [3.8, 4) is 0 Å². The number of thioether (sulfide) groups is 1. The zero-order chi connectivity index (χ0) is 18.4. The van der Waals surface area contributed by atoms with Crippen molar-refractivity contribution in [2.45, 2.75) is 18.1 Å². The molecule has 0 saturated carbocycles. The molecule has 1 amide bonds. The van der Waals surface area contributed by atoms with Crippen LogP contribution in [0.4, 0.5) is 0 Å². The number of benzene rings is 2. The van der Waals surface area contributed by atoms with Gasteiger partial charge in [0, 0.05) is 6.42 Å². The van der Waals surface area contributed by atoms with Crippen LogP contribution in [-0.2, 0) is 16.0 Å². The van der Waals surface area contributed by atoms with Crippen molar-refractivity contribution >= 4 is 34.5 Å². The van der Waals surface area contributed by atoms with Crippen molar-refractivity contribution < 1.29 is 14.7 Å². The minimum Gasteiger partial charge on any atom is -0.481 e. The van der Waals surface area contributed by atoms with E-state index in [0.717, 1.165) is 28.6 Å². The summed E-state index contributed by atoms with van der Waals surface area (Å²) in [4.78, 5) is 22.6. The van der Waals surface area contributed by atoms with Crippen LogP contribution in [0.3, 0.4) is 0 Å². The summed E-state index contributed by atoms with van der Waals surface area (Å²) in [5.41, 5.74) is 2.81. The van der Waals surface area contributed by atoms with E-state index in [0.29, 0.717) is 11.6 Å². The van der Waals surface area contributed by atoms with Gasteiger partial charge >= 0.3 is 5.97 Å². The summed E-state index contributed by atoms with van der Waals surface area (Å²) >= 11 is 1.09. The summed E-state index contributed by atoms with van der Waals surface area (Å²) in [5, 5.41) is 19.6. The number of hydrogen-bond donors (Lipinski definition) is 2. The second-order valence-corrected chi connectivity index (χ2v) is 6.87. The third kappa shape index (κ3) is 4.80. The van der Waals surface area contributed by atoms with Crippen LogP contribution in [0.1, 0.15) is 17.5 Å². The number of hydrogen-bond acceptors (Lipinski definition) is 5. The van der Waals surface area contributed by atoms with E-state index in [1.54, 1.807) is 0 Å². The molecule has 1 heterocycles. The molecule has 0 aliphatic carbocycles. The summed E-state index contributed by atoms with van der Waals surface area (Å²) < 4.78 is 0. The second kappa shape index (κ2) is 8.44. The molecule has 0 spiro atoms. The molecule has 6 nitrogen and oxygen atoms in total. The molecule has 0 bridgehead atoms. The van der Waals surface area contributed by atoms with Crippen LogP contribution in [0.5, 0.6) is 0 Å². The Labute approximate surface area is 155 Å². The van der Waals surface area contributed by atoms with E-state index >= 15 is 0 Å². The molecule has 132 valence electrons. The Kier molecular flexibility index (Phi) is 5.80. The molecule has 1 aliphatic heterocycles. The molecule has 1 fully saturated rings. The van der Waals surface area contributed by atoms with Gasteiger partial charge in [-0.15, -0.1) is 5.10 Å². The molecular formula is C19H17N3O3S. The normalized spacial score (nSPS) is 18.8. The Hall–Kier alpha value is -2.93. The number of nitrogens with zero attached hydrogens (tertiary/aromatic N) is 2. The molecular weight excluding hydrogens is 350 g/mol. The number of carbonyl (C=O) groups is 2. The van der Waals surface area contributed by atoms with Gasteiger partial charge in [-0.25, -0.2) is 0 Å². The fourth-order valence-corrected chi connectivity index (χ4v) is 3.37. The zero-order valence-electron chi connectivity index (χ0n) is 13.8. The highest BCUT2D eigenvalue weighted by Crippen LogP contribution is 2.22. The van der Waals surface area contributed by atoms with E-state index in [1.807, 2.05) is 60.7 Å². The summed E-state index contributed by atoms with van der Waals surface area (Å²) in [5.74, 6) is -1.37. The van der Waals surface area contributed by atoms with E-state index < -0.39 is 11.2 Å². The number of amidine groups is 1. The van der Waals surface area contributed by atoms with Crippen LogP contribution in [0.15, 0.2) is 70.9 Å². The van der Waals surface area contributed by atoms with E-state index in [2.05, 4.69) is 15.5 Å². The quantitative estimate of drug-likeness (QED) is 0.607. The molecule has 2 aromatic rings. The summed E-state index contributed by atoms with van der Waals surface area (Å²) in [6.45, 7) is 0. The number of nitrogens with one attached hydrogen (secondary N) is 1. The minimum atomic E-state index is -1.02. The van der Waals surface area contributed by atoms with Crippen LogP contribution < -0.4 is 5.32 Å². The molecule has 3 rings (SSSR count). The van der Waals surface area contributed by atoms with Gasteiger partial charge in [-0.05, 0) is 11.1 Å². The van der Waals surface area contributed by atoms with Crippen LogP contribution in [0.25, 0.3) is 0 Å². The topological polar surface area (TPSA) is 91.1 Å². The lowest BCUT2D eigenvalue weighted by Crippen LogP contribution is -2.26. The highest BCUT2D eigenvalue weighted by molar-refractivity contribution is 8.15. The predicted octanol–water partition coefficient (Wildman–Crippen LogP) is 2.70. The first-order chi connectivity index (χ1) is 12.6. The maximum Gasteiger partial charge on any atom is 0.305 e. The monoisotopic (exact) mass is 367 g/mol. The van der Waals surface area contributed by atoms with Crippen molar-refractivity contribution in [3.05, 3.63) is 71.8 Å². The van der Waals surface area contributed by atoms with E-state index in [-0.39, 0.29) is 12.3 Å². The number of carbonyl (C=O) groups excluding carboxylic acids is 1. The fourth-order valence-electron chi connectivity index (χ4n) is 2.47. The van der Waals surface area contributed by atoms with Gasteiger partial charge in [-0.1, -0.05) is 72.4 Å². The maximum absolute atomic E-state index is 11.8. The highest BCUT2D eigenvalue weighted by atomic mass is 32.2. The van der Waals surface area contributed by atoms with Gasteiger partial charge in [0.1, 0.15) is 5.25 Å². The van der Waals surface area contributed by atoms with Crippen LogP contribution >= 0.6 is 11.8 Å². The molecule has 0 radical (unpaired) electrons. The molecule has 0 unspecified atom stereocenters. The average Bonchev–Trinajstić information content (AvgIpc) is 2.99. The Morgan fingerprint density at radius 2 is 1.73 bits per heavy atom. The van der Waals surface area contributed by atoms with Gasteiger partial charge in [-0.3, -0.25) is 9.59 Å². The average molecular weight is 367 g/mol. The van der Waals surface area contributed by atoms with Crippen molar-refractivity contribution in [1.29, 1.82) is 0 Å². The molecule has 2 aromatic carbocycles. The lowest BCUT2D eigenvalue weighted by atomic mass is 10.0. The minimum absolute atomic E-state index is 0.241. The molecule has 1 atom stereocenters. The molecule has 1 aliphatic rings. The van der Waals surface area contributed by atoms with Crippen molar-refractivity contribution in [3.63, 3.8) is 0 Å². The standard InChI is InChI=1S/C19H17N3O3S/c23-17(24)12-16-18(25)20-19(26-16)22-21-15(14-9-5-2-6-10-14)11-13-7-3-1-4-8-13/h1-10,16H,11-12H2,(H,23,24)(H,20,22,25)/b21-15+/t16-/m1/s1. The molecule has 1 saturated heterocycles. The number of carboxylic acids is 1. The van der Waals surface area contributed by atoms with Crippen molar-refractivity contribution in [2.75, 3.05) is 0 Å². The van der Waals surface area contributed by atoms with Gasteiger partial charge in [0.2, 0.25) is 5.91 Å². The smallest absolute Gasteiger partial charge is 0.305 e. The maximum atomic E-state index is 11.8. The Balaban J connectivity index is 1.83. The van der Waals surface area contributed by atoms with Gasteiger partial charge in [0.05, 0.1) is 12.1 Å². The first kappa shape index (κ1) is 17.9. The molecule has 26 heavy (non-hydrogen) atoms. The summed E-state index contributed by atoms with van der Waals surface area (Å²) in [7, 11) is 0. The SMILES string of the molecule is O=C(O)C[C@H]1S/C(=N\N=C(/Cc2ccccc2)c2ccccc2)NC1=O. The van der Waals surface area contributed by atoms with Gasteiger partial charge in [-0.2, -0.15) is 5.10 Å². The van der Waals surface area contributed by atoms with Crippen LogP contribution in [0.2, 0.25) is 0 Å². The summed E-state index contributed by atoms with van der Waals surface area (Å²) in [6, 6.07) is 19.6. The molecule has 2 N–H and O–H groups in total. The largest absolute Gasteiger partial charge is 0.481 e. The lowest BCUT2D eigenvalue weighted by Gasteiger charge is -2.05. The van der Waals surface area contributed by atoms with E-state index in [9.17, 15) is 9.59 Å². The van der Waals surface area contributed by atoms with E-state index in [4.69, 9.17) is 5.11 Å². The predicted molar refractivity (Wildman–Crippen MR) is 102 cm³/mol. The third-order valence-electron chi connectivity index (χ3n) is 3.72. The third-order valence-corrected chi connectivity index (χ3v) is 4.79. The highest BCUT2D eigenvalue weighted by Gasteiger charge is 2.32. The Morgan fingerprint density at radius 1 is 1.08 bits per heavy atom. The van der Waals surface area contributed by atoms with Crippen LogP contribution in [-0.4, -0.2) is 33.1 Å². The number of aliphatic carboxylic acids is 1. The molecule has 0 aromatic heterocycles. The molecule has 7 heteroatoms. The van der Waals surface area contributed by atoms with Crippen LogP contribution in [0, 0.1) is 0 Å². The lowest BCUT2D eigenvalue weighted by molar-refractivity contribution is -0.138. The fraction of sp³-hybridized carbons (Fsp3) is 0.158. The Morgan fingerprint density at radius 3 is 2.38 bits per heavy atom. The Bertz CT molecular complexity index is 851. The van der Waals surface area contributed by atoms with Gasteiger partial charge in [0.25, 0.3) is 0 Å².